The summed E-state index contributed by atoms with van der Waals surface area (Å²) in [5.41, 5.74) is 5.98. The van der Waals surface area contributed by atoms with Crippen molar-refractivity contribution in [2.45, 2.75) is 32.6 Å². The van der Waals surface area contributed by atoms with E-state index in [4.69, 9.17) is 5.73 Å². The van der Waals surface area contributed by atoms with Gasteiger partial charge in [-0.1, -0.05) is 18.3 Å². The summed E-state index contributed by atoms with van der Waals surface area (Å²) in [6.07, 6.45) is 4.70. The molecule has 1 unspecified atom stereocenters. The number of aromatic nitrogens is 1. The van der Waals surface area contributed by atoms with E-state index in [-0.39, 0.29) is 5.91 Å². The Morgan fingerprint density at radius 1 is 1.30 bits per heavy atom. The normalized spacial score (nSPS) is 23.4. The Balaban J connectivity index is 1.77. The van der Waals surface area contributed by atoms with Crippen LogP contribution in [-0.2, 0) is 0 Å². The zero-order valence-electron chi connectivity index (χ0n) is 12.0. The number of nitrogens with two attached hydrogens (primary N) is 1. The summed E-state index contributed by atoms with van der Waals surface area (Å²) < 4.78 is 0. The van der Waals surface area contributed by atoms with Gasteiger partial charge in [-0.2, -0.15) is 0 Å². The number of carbonyl (C=O) groups is 1. The van der Waals surface area contributed by atoms with E-state index < -0.39 is 0 Å². The molecule has 2 N–H and O–H groups in total. The molecule has 0 saturated carbocycles. The van der Waals surface area contributed by atoms with Crippen molar-refractivity contribution in [3.63, 3.8) is 0 Å². The second-order valence-electron chi connectivity index (χ2n) is 5.90. The number of piperidine rings is 1. The van der Waals surface area contributed by atoms with Crippen LogP contribution in [0.1, 0.15) is 42.3 Å². The fraction of sp³-hybridized carbons (Fsp3) is 0.714. The highest BCUT2D eigenvalue weighted by atomic mass is 32.1. The lowest BCUT2D eigenvalue weighted by molar-refractivity contribution is 0.0689. The van der Waals surface area contributed by atoms with Crippen LogP contribution in [0.15, 0.2) is 0 Å². The average Bonchev–Trinajstić information content (AvgIpc) is 3.07. The molecule has 1 aromatic rings. The molecule has 2 fully saturated rings. The molecule has 0 radical (unpaired) electrons. The van der Waals surface area contributed by atoms with E-state index in [0.29, 0.717) is 16.6 Å². The molecular weight excluding hydrogens is 272 g/mol. The van der Waals surface area contributed by atoms with Gasteiger partial charge in [0.15, 0.2) is 5.13 Å². The minimum Gasteiger partial charge on any atom is -0.382 e. The van der Waals surface area contributed by atoms with E-state index in [1.165, 1.54) is 30.6 Å². The molecule has 1 aromatic heterocycles. The highest BCUT2D eigenvalue weighted by molar-refractivity contribution is 7.18. The average molecular weight is 294 g/mol. The fourth-order valence-corrected chi connectivity index (χ4v) is 4.04. The number of amides is 1. The summed E-state index contributed by atoms with van der Waals surface area (Å²) >= 11 is 1.46. The van der Waals surface area contributed by atoms with Gasteiger partial charge in [-0.3, -0.25) is 4.79 Å². The number of rotatable bonds is 2. The quantitative estimate of drug-likeness (QED) is 0.908. The summed E-state index contributed by atoms with van der Waals surface area (Å²) in [6, 6.07) is 0. The number of carbonyl (C=O) groups excluding carboxylic acids is 1. The maximum atomic E-state index is 12.6. The lowest BCUT2D eigenvalue weighted by Crippen LogP contribution is -2.39. The molecule has 2 aliphatic heterocycles. The number of anilines is 2. The van der Waals surface area contributed by atoms with E-state index in [9.17, 15) is 4.79 Å². The summed E-state index contributed by atoms with van der Waals surface area (Å²) in [4.78, 5) is 21.8. The van der Waals surface area contributed by atoms with Crippen LogP contribution in [-0.4, -0.2) is 42.0 Å². The first-order valence-electron chi connectivity index (χ1n) is 7.45. The molecule has 0 aromatic carbocycles. The van der Waals surface area contributed by atoms with Crippen LogP contribution in [0, 0.1) is 5.92 Å². The van der Waals surface area contributed by atoms with Gasteiger partial charge in [0.2, 0.25) is 0 Å². The van der Waals surface area contributed by atoms with Gasteiger partial charge < -0.3 is 15.5 Å². The van der Waals surface area contributed by atoms with Crippen molar-refractivity contribution in [3.8, 4) is 0 Å². The minimum atomic E-state index is 0.0667. The van der Waals surface area contributed by atoms with Gasteiger partial charge in [-0.15, -0.1) is 0 Å². The predicted octanol–water partition coefficient (Wildman–Crippen LogP) is 2.20. The van der Waals surface area contributed by atoms with E-state index in [0.717, 1.165) is 37.7 Å². The van der Waals surface area contributed by atoms with Gasteiger partial charge >= 0.3 is 0 Å². The second kappa shape index (κ2) is 5.60. The molecule has 2 aliphatic rings. The molecule has 3 heterocycles. The van der Waals surface area contributed by atoms with Crippen molar-refractivity contribution in [1.29, 1.82) is 0 Å². The zero-order valence-corrected chi connectivity index (χ0v) is 12.8. The van der Waals surface area contributed by atoms with Crippen LogP contribution >= 0.6 is 11.3 Å². The summed E-state index contributed by atoms with van der Waals surface area (Å²) in [7, 11) is 0. The molecular formula is C14H22N4OS. The second-order valence-corrected chi connectivity index (χ2v) is 6.88. The highest BCUT2D eigenvalue weighted by Crippen LogP contribution is 2.32. The molecule has 5 nitrogen and oxygen atoms in total. The number of nitrogens with zero attached hydrogens (tertiary/aromatic N) is 3. The monoisotopic (exact) mass is 294 g/mol. The van der Waals surface area contributed by atoms with E-state index >= 15 is 0 Å². The smallest absolute Gasteiger partial charge is 0.267 e. The standard InChI is InChI=1S/C14H22N4OS/c1-10-5-4-8-18(9-10)13(19)11-12(15)16-14(20-11)17-6-2-3-7-17/h10H,2-9,15H2,1H3. The Kier molecular flexibility index (Phi) is 3.83. The molecule has 20 heavy (non-hydrogen) atoms. The molecule has 3 rings (SSSR count). The number of hydrogen-bond acceptors (Lipinski definition) is 5. The number of likely N-dealkylation sites (tertiary alicyclic amines) is 1. The molecule has 1 amide bonds. The molecule has 0 spiro atoms. The largest absolute Gasteiger partial charge is 0.382 e. The predicted molar refractivity (Wildman–Crippen MR) is 82.3 cm³/mol. The van der Waals surface area contributed by atoms with Crippen LogP contribution in [0.25, 0.3) is 0 Å². The van der Waals surface area contributed by atoms with Crippen molar-refractivity contribution in [2.75, 3.05) is 36.8 Å². The molecule has 2 saturated heterocycles. The van der Waals surface area contributed by atoms with Gasteiger partial charge in [0.05, 0.1) is 0 Å². The summed E-state index contributed by atoms with van der Waals surface area (Å²) in [6.45, 7) is 5.95. The lowest BCUT2D eigenvalue weighted by atomic mass is 10.0. The maximum Gasteiger partial charge on any atom is 0.267 e. The number of thiazole rings is 1. The van der Waals surface area contributed by atoms with Gasteiger partial charge in [0.1, 0.15) is 10.7 Å². The van der Waals surface area contributed by atoms with Crippen molar-refractivity contribution < 1.29 is 4.79 Å². The Labute approximate surface area is 123 Å². The Morgan fingerprint density at radius 2 is 2.05 bits per heavy atom. The van der Waals surface area contributed by atoms with Crippen LogP contribution in [0.5, 0.6) is 0 Å². The van der Waals surface area contributed by atoms with Crippen molar-refractivity contribution in [2.24, 2.45) is 5.92 Å². The topological polar surface area (TPSA) is 62.5 Å². The van der Waals surface area contributed by atoms with Crippen LogP contribution < -0.4 is 10.6 Å². The van der Waals surface area contributed by atoms with Crippen LogP contribution in [0.3, 0.4) is 0 Å². The third kappa shape index (κ3) is 2.61. The highest BCUT2D eigenvalue weighted by Gasteiger charge is 2.27. The Hall–Kier alpha value is -1.30. The van der Waals surface area contributed by atoms with Gasteiger partial charge in [-0.05, 0) is 31.6 Å². The molecule has 0 aliphatic carbocycles. The van der Waals surface area contributed by atoms with Crippen LogP contribution in [0.2, 0.25) is 0 Å². The summed E-state index contributed by atoms with van der Waals surface area (Å²) in [5.74, 6) is 1.05. The molecule has 0 bridgehead atoms. The maximum absolute atomic E-state index is 12.6. The third-order valence-corrected chi connectivity index (χ3v) is 5.28. The number of nitrogen functional groups attached to an aromatic ring is 1. The van der Waals surface area contributed by atoms with Crippen LogP contribution in [0.4, 0.5) is 10.9 Å². The first kappa shape index (κ1) is 13.7. The molecule has 6 heteroatoms. The van der Waals surface area contributed by atoms with Crippen molar-refractivity contribution >= 4 is 28.2 Å². The van der Waals surface area contributed by atoms with Gasteiger partial charge in [0.25, 0.3) is 5.91 Å². The molecule has 1 atom stereocenters. The van der Waals surface area contributed by atoms with Crippen molar-refractivity contribution in [1.82, 2.24) is 9.88 Å². The SMILES string of the molecule is CC1CCCN(C(=O)c2sc(N3CCCC3)nc2N)C1. The first-order chi connectivity index (χ1) is 9.65. The Bertz CT molecular complexity index is 495. The van der Waals surface area contributed by atoms with E-state index in [1.54, 1.807) is 0 Å². The summed E-state index contributed by atoms with van der Waals surface area (Å²) in [5, 5.41) is 0.911. The first-order valence-corrected chi connectivity index (χ1v) is 8.27. The van der Waals surface area contributed by atoms with Gasteiger partial charge in [-0.25, -0.2) is 4.98 Å². The number of hydrogen-bond donors (Lipinski definition) is 1. The zero-order chi connectivity index (χ0) is 14.1. The fourth-order valence-electron chi connectivity index (χ4n) is 3.03. The van der Waals surface area contributed by atoms with Gasteiger partial charge in [0, 0.05) is 26.2 Å². The van der Waals surface area contributed by atoms with Crippen molar-refractivity contribution in [3.05, 3.63) is 4.88 Å². The Morgan fingerprint density at radius 3 is 2.75 bits per heavy atom. The van der Waals surface area contributed by atoms with E-state index in [1.807, 2.05) is 4.90 Å². The molecule has 110 valence electrons. The minimum absolute atomic E-state index is 0.0667. The third-order valence-electron chi connectivity index (χ3n) is 4.16. The van der Waals surface area contributed by atoms with E-state index in [2.05, 4.69) is 16.8 Å². The lowest BCUT2D eigenvalue weighted by Gasteiger charge is -2.30.